The normalized spacial score (nSPS) is 12.7. The van der Waals surface area contributed by atoms with Gasteiger partial charge in [0.15, 0.2) is 9.84 Å². The molecule has 0 heterocycles. The van der Waals surface area contributed by atoms with Crippen molar-refractivity contribution in [3.8, 4) is 0 Å². The van der Waals surface area contributed by atoms with E-state index >= 15 is 0 Å². The molecule has 1 unspecified atom stereocenters. The first-order valence-electron chi connectivity index (χ1n) is 5.34. The first-order chi connectivity index (χ1) is 8.78. The highest BCUT2D eigenvalue weighted by Crippen LogP contribution is 2.21. The highest BCUT2D eigenvalue weighted by molar-refractivity contribution is 7.92. The Bertz CT molecular complexity index is 578. The van der Waals surface area contributed by atoms with Crippen LogP contribution in [0, 0.1) is 10.1 Å². The van der Waals surface area contributed by atoms with Crippen molar-refractivity contribution >= 4 is 21.5 Å². The molecule has 0 aromatic heterocycles. The van der Waals surface area contributed by atoms with E-state index in [1.807, 2.05) is 0 Å². The molecule has 8 heteroatoms. The monoisotopic (exact) mass is 287 g/mol. The van der Waals surface area contributed by atoms with E-state index < -0.39 is 26.0 Å². The Balaban J connectivity index is 3.00. The largest absolute Gasteiger partial charge is 0.469 e. The number of esters is 1. The minimum Gasteiger partial charge on any atom is -0.469 e. The van der Waals surface area contributed by atoms with Gasteiger partial charge < -0.3 is 4.74 Å². The fourth-order valence-electron chi connectivity index (χ4n) is 1.42. The zero-order valence-corrected chi connectivity index (χ0v) is 11.2. The van der Waals surface area contributed by atoms with Gasteiger partial charge in [-0.1, -0.05) is 0 Å². The second kappa shape index (κ2) is 5.79. The van der Waals surface area contributed by atoms with Crippen molar-refractivity contribution in [2.24, 2.45) is 0 Å². The molecule has 1 aromatic carbocycles. The topological polar surface area (TPSA) is 104 Å². The third-order valence-corrected chi connectivity index (χ3v) is 4.74. The summed E-state index contributed by atoms with van der Waals surface area (Å²) in [5.41, 5.74) is -0.195. The predicted octanol–water partition coefficient (Wildman–Crippen LogP) is 1.32. The zero-order chi connectivity index (χ0) is 14.6. The number of rotatable bonds is 5. The molecular formula is C11H13NO6S. The minimum atomic E-state index is -3.71. The van der Waals surface area contributed by atoms with E-state index in [-0.39, 0.29) is 17.0 Å². The van der Waals surface area contributed by atoms with E-state index in [0.717, 1.165) is 24.3 Å². The highest BCUT2D eigenvalue weighted by atomic mass is 32.2. The summed E-state index contributed by atoms with van der Waals surface area (Å²) in [6, 6.07) is 4.53. The van der Waals surface area contributed by atoms with Gasteiger partial charge in [-0.3, -0.25) is 14.9 Å². The SMILES string of the molecule is COC(=O)CC(C)S(=O)(=O)c1ccc([N+](=O)[O-])cc1. The van der Waals surface area contributed by atoms with Gasteiger partial charge in [0.1, 0.15) is 0 Å². The molecule has 1 rings (SSSR count). The molecule has 0 amide bonds. The third-order valence-electron chi connectivity index (χ3n) is 2.59. The van der Waals surface area contributed by atoms with Crippen LogP contribution >= 0.6 is 0 Å². The molecule has 0 spiro atoms. The molecular weight excluding hydrogens is 274 g/mol. The molecule has 0 radical (unpaired) electrons. The number of nitro groups is 1. The van der Waals surface area contributed by atoms with Gasteiger partial charge in [0, 0.05) is 12.1 Å². The summed E-state index contributed by atoms with van der Waals surface area (Å²) in [6.45, 7) is 1.38. The Hall–Kier alpha value is -1.96. The van der Waals surface area contributed by atoms with Crippen LogP contribution in [0.4, 0.5) is 5.69 Å². The number of non-ortho nitro benzene ring substituents is 1. The fourth-order valence-corrected chi connectivity index (χ4v) is 2.75. The number of hydrogen-bond acceptors (Lipinski definition) is 6. The van der Waals surface area contributed by atoms with Crippen molar-refractivity contribution in [3.63, 3.8) is 0 Å². The smallest absolute Gasteiger partial charge is 0.306 e. The van der Waals surface area contributed by atoms with Crippen LogP contribution in [0.2, 0.25) is 0 Å². The molecule has 0 aliphatic carbocycles. The minimum absolute atomic E-state index is 0.0606. The van der Waals surface area contributed by atoms with Crippen molar-refractivity contribution in [3.05, 3.63) is 34.4 Å². The van der Waals surface area contributed by atoms with Gasteiger partial charge >= 0.3 is 5.97 Å². The average molecular weight is 287 g/mol. The second-order valence-corrected chi connectivity index (χ2v) is 6.25. The van der Waals surface area contributed by atoms with Crippen molar-refractivity contribution in [2.45, 2.75) is 23.5 Å². The summed E-state index contributed by atoms with van der Waals surface area (Å²) in [7, 11) is -2.54. The van der Waals surface area contributed by atoms with Crippen molar-refractivity contribution in [1.82, 2.24) is 0 Å². The van der Waals surface area contributed by atoms with E-state index in [2.05, 4.69) is 4.74 Å². The Labute approximate surface area is 110 Å². The number of ether oxygens (including phenoxy) is 1. The van der Waals surface area contributed by atoms with Crippen LogP contribution in [0.15, 0.2) is 29.2 Å². The Kier molecular flexibility index (Phi) is 4.60. The van der Waals surface area contributed by atoms with Gasteiger partial charge in [0.05, 0.1) is 28.6 Å². The molecule has 104 valence electrons. The molecule has 0 saturated heterocycles. The van der Waals surface area contributed by atoms with Gasteiger partial charge in [-0.25, -0.2) is 8.42 Å². The van der Waals surface area contributed by atoms with Crippen LogP contribution in [-0.4, -0.2) is 31.7 Å². The first-order valence-corrected chi connectivity index (χ1v) is 6.89. The zero-order valence-electron chi connectivity index (χ0n) is 10.4. The number of methoxy groups -OCH3 is 1. The fraction of sp³-hybridized carbons (Fsp3) is 0.364. The number of hydrogen-bond donors (Lipinski definition) is 0. The summed E-state index contributed by atoms with van der Waals surface area (Å²) < 4.78 is 28.6. The standard InChI is InChI=1S/C11H13NO6S/c1-8(7-11(13)18-2)19(16,17)10-5-3-9(4-6-10)12(14)15/h3-6,8H,7H2,1-2H3. The summed E-state index contributed by atoms with van der Waals surface area (Å²) in [6.07, 6.45) is -0.268. The maximum absolute atomic E-state index is 12.1. The lowest BCUT2D eigenvalue weighted by atomic mass is 10.3. The van der Waals surface area contributed by atoms with Crippen LogP contribution in [0.3, 0.4) is 0 Å². The summed E-state index contributed by atoms with van der Waals surface area (Å²) in [5, 5.41) is 9.52. The second-order valence-electron chi connectivity index (χ2n) is 3.89. The third kappa shape index (κ3) is 3.50. The van der Waals surface area contributed by atoms with E-state index in [0.29, 0.717) is 0 Å². The maximum Gasteiger partial charge on any atom is 0.306 e. The van der Waals surface area contributed by atoms with Crippen molar-refractivity contribution in [1.29, 1.82) is 0 Å². The Morgan fingerprint density at radius 1 is 1.37 bits per heavy atom. The Morgan fingerprint density at radius 2 is 1.89 bits per heavy atom. The van der Waals surface area contributed by atoms with Crippen LogP contribution in [-0.2, 0) is 19.4 Å². The molecule has 0 saturated carbocycles. The average Bonchev–Trinajstić information content (AvgIpc) is 2.38. The first kappa shape index (κ1) is 15.1. The lowest BCUT2D eigenvalue weighted by molar-refractivity contribution is -0.384. The van der Waals surface area contributed by atoms with Gasteiger partial charge in [-0.15, -0.1) is 0 Å². The number of sulfone groups is 1. The van der Waals surface area contributed by atoms with E-state index in [1.54, 1.807) is 0 Å². The van der Waals surface area contributed by atoms with Gasteiger partial charge in [-0.2, -0.15) is 0 Å². The maximum atomic E-state index is 12.1. The number of carbonyl (C=O) groups is 1. The van der Waals surface area contributed by atoms with Crippen molar-refractivity contribution < 1.29 is 22.9 Å². The molecule has 1 aromatic rings. The molecule has 0 aliphatic heterocycles. The van der Waals surface area contributed by atoms with Crippen LogP contribution < -0.4 is 0 Å². The van der Waals surface area contributed by atoms with Crippen LogP contribution in [0.1, 0.15) is 13.3 Å². The van der Waals surface area contributed by atoms with Gasteiger partial charge in [0.2, 0.25) is 0 Å². The predicted molar refractivity (Wildman–Crippen MR) is 66.4 cm³/mol. The molecule has 0 aliphatic rings. The molecule has 7 nitrogen and oxygen atoms in total. The highest BCUT2D eigenvalue weighted by Gasteiger charge is 2.26. The van der Waals surface area contributed by atoms with E-state index in [9.17, 15) is 23.3 Å². The van der Waals surface area contributed by atoms with Crippen molar-refractivity contribution in [2.75, 3.05) is 7.11 Å². The number of nitrogens with zero attached hydrogens (tertiary/aromatic N) is 1. The Morgan fingerprint density at radius 3 is 2.32 bits per heavy atom. The number of benzene rings is 1. The molecule has 0 N–H and O–H groups in total. The lowest BCUT2D eigenvalue weighted by Gasteiger charge is -2.11. The van der Waals surface area contributed by atoms with E-state index in [1.165, 1.54) is 14.0 Å². The van der Waals surface area contributed by atoms with Gasteiger partial charge in [0.25, 0.3) is 5.69 Å². The quantitative estimate of drug-likeness (QED) is 0.459. The molecule has 19 heavy (non-hydrogen) atoms. The molecule has 1 atom stereocenters. The summed E-state index contributed by atoms with van der Waals surface area (Å²) >= 11 is 0. The lowest BCUT2D eigenvalue weighted by Crippen LogP contribution is -2.22. The molecule has 0 fully saturated rings. The summed E-state index contributed by atoms with van der Waals surface area (Å²) in [4.78, 5) is 20.9. The number of nitro benzene ring substituents is 1. The van der Waals surface area contributed by atoms with E-state index in [4.69, 9.17) is 0 Å². The summed E-state index contributed by atoms with van der Waals surface area (Å²) in [5.74, 6) is -0.627. The van der Waals surface area contributed by atoms with Crippen LogP contribution in [0.25, 0.3) is 0 Å². The molecule has 0 bridgehead atoms. The number of carbonyl (C=O) groups excluding carboxylic acids is 1. The van der Waals surface area contributed by atoms with Gasteiger partial charge in [-0.05, 0) is 19.1 Å². The van der Waals surface area contributed by atoms with Crippen LogP contribution in [0.5, 0.6) is 0 Å².